The van der Waals surface area contributed by atoms with Crippen LogP contribution in [-0.4, -0.2) is 32.9 Å². The molecule has 1 N–H and O–H groups in total. The number of amides is 1. The molecule has 6 nitrogen and oxygen atoms in total. The Labute approximate surface area is 174 Å². The van der Waals surface area contributed by atoms with E-state index in [1.807, 2.05) is 24.3 Å². The molecule has 1 aliphatic rings. The van der Waals surface area contributed by atoms with Crippen LogP contribution < -0.4 is 9.46 Å². The molecule has 0 radical (unpaired) electrons. The van der Waals surface area contributed by atoms with E-state index in [1.165, 1.54) is 19.2 Å². The highest BCUT2D eigenvalue weighted by molar-refractivity contribution is 7.89. The summed E-state index contributed by atoms with van der Waals surface area (Å²) >= 11 is 12.2. The number of benzene rings is 2. The second kappa shape index (κ2) is 8.69. The number of hydrogen-bond donors (Lipinski definition) is 1. The molecule has 28 heavy (non-hydrogen) atoms. The Morgan fingerprint density at radius 1 is 1.11 bits per heavy atom. The van der Waals surface area contributed by atoms with Crippen molar-refractivity contribution in [2.24, 2.45) is 0 Å². The van der Waals surface area contributed by atoms with Gasteiger partial charge < -0.3 is 9.64 Å². The zero-order valence-corrected chi connectivity index (χ0v) is 17.6. The molecular weight excluding hydrogens is 423 g/mol. The lowest BCUT2D eigenvalue weighted by Crippen LogP contribution is -2.27. The van der Waals surface area contributed by atoms with Gasteiger partial charge in [0.15, 0.2) is 0 Å². The molecule has 1 aliphatic heterocycles. The van der Waals surface area contributed by atoms with Gasteiger partial charge in [-0.3, -0.25) is 4.79 Å². The molecule has 0 spiro atoms. The summed E-state index contributed by atoms with van der Waals surface area (Å²) in [4.78, 5) is 13.6. The Morgan fingerprint density at radius 3 is 2.46 bits per heavy atom. The number of likely N-dealkylation sites (tertiary alicyclic amines) is 1. The predicted molar refractivity (Wildman–Crippen MR) is 108 cm³/mol. The van der Waals surface area contributed by atoms with Gasteiger partial charge in [0.05, 0.1) is 12.1 Å². The van der Waals surface area contributed by atoms with Crippen LogP contribution in [0.5, 0.6) is 5.75 Å². The van der Waals surface area contributed by atoms with Gasteiger partial charge in [0, 0.05) is 26.1 Å². The minimum Gasteiger partial charge on any atom is -0.495 e. The van der Waals surface area contributed by atoms with Crippen molar-refractivity contribution < 1.29 is 17.9 Å². The van der Waals surface area contributed by atoms with E-state index < -0.39 is 10.0 Å². The number of nitrogens with one attached hydrogen (secondary N) is 1. The number of rotatable bonds is 7. The van der Waals surface area contributed by atoms with E-state index in [0.29, 0.717) is 18.7 Å². The molecule has 1 saturated heterocycles. The highest BCUT2D eigenvalue weighted by atomic mass is 35.5. The van der Waals surface area contributed by atoms with E-state index in [9.17, 15) is 13.2 Å². The largest absolute Gasteiger partial charge is 0.495 e. The first kappa shape index (κ1) is 20.9. The smallest absolute Gasteiger partial charge is 0.242 e. The molecular formula is C19H20Cl2N2O4S. The van der Waals surface area contributed by atoms with Gasteiger partial charge >= 0.3 is 0 Å². The number of ether oxygens (including phenoxy) is 1. The van der Waals surface area contributed by atoms with Gasteiger partial charge in [-0.25, -0.2) is 13.1 Å². The molecule has 9 heteroatoms. The number of halogens is 2. The third-order valence-electron chi connectivity index (χ3n) is 4.62. The van der Waals surface area contributed by atoms with Crippen LogP contribution in [0.4, 0.5) is 0 Å². The number of hydrogen-bond acceptors (Lipinski definition) is 4. The molecule has 3 rings (SSSR count). The van der Waals surface area contributed by atoms with Crippen molar-refractivity contribution >= 4 is 39.1 Å². The first-order valence-corrected chi connectivity index (χ1v) is 10.9. The van der Waals surface area contributed by atoms with Crippen molar-refractivity contribution in [3.63, 3.8) is 0 Å². The number of carbonyl (C=O) groups is 1. The number of sulfonamides is 1. The molecule has 0 aliphatic carbocycles. The lowest BCUT2D eigenvalue weighted by atomic mass is 10.1. The maximum absolute atomic E-state index is 12.7. The molecule has 0 bridgehead atoms. The highest BCUT2D eigenvalue weighted by Gasteiger charge is 2.23. The fraction of sp³-hybridized carbons (Fsp3) is 0.316. The topological polar surface area (TPSA) is 75.7 Å². The average molecular weight is 443 g/mol. The summed E-state index contributed by atoms with van der Waals surface area (Å²) in [5, 5.41) is -0.0514. The van der Waals surface area contributed by atoms with Crippen LogP contribution in [0.2, 0.25) is 10.0 Å². The van der Waals surface area contributed by atoms with Crippen LogP contribution in [0.15, 0.2) is 41.3 Å². The van der Waals surface area contributed by atoms with E-state index in [4.69, 9.17) is 27.9 Å². The summed E-state index contributed by atoms with van der Waals surface area (Å²) in [6.07, 6.45) is 1.41. The molecule has 1 fully saturated rings. The van der Waals surface area contributed by atoms with Gasteiger partial charge in [0.25, 0.3) is 0 Å². The first-order chi connectivity index (χ1) is 13.3. The van der Waals surface area contributed by atoms with Crippen molar-refractivity contribution in [1.82, 2.24) is 9.62 Å². The minimum atomic E-state index is -3.89. The Hall–Kier alpha value is -1.80. The zero-order chi connectivity index (χ0) is 20.3. The minimum absolute atomic E-state index is 0.0417. The molecule has 2 aromatic rings. The maximum Gasteiger partial charge on any atom is 0.242 e. The lowest BCUT2D eigenvalue weighted by Gasteiger charge is -2.18. The van der Waals surface area contributed by atoms with Gasteiger partial charge in [-0.2, -0.15) is 0 Å². The number of nitrogens with zero attached hydrogens (tertiary/aromatic N) is 1. The van der Waals surface area contributed by atoms with E-state index in [0.717, 1.165) is 24.1 Å². The second-order valence-corrected chi connectivity index (χ2v) is 8.90. The van der Waals surface area contributed by atoms with Crippen LogP contribution >= 0.6 is 23.2 Å². The van der Waals surface area contributed by atoms with Crippen LogP contribution in [0, 0.1) is 0 Å². The van der Waals surface area contributed by atoms with Crippen LogP contribution in [-0.2, 0) is 27.9 Å². The molecule has 1 amide bonds. The van der Waals surface area contributed by atoms with Crippen LogP contribution in [0.3, 0.4) is 0 Å². The first-order valence-electron chi connectivity index (χ1n) is 8.69. The SMILES string of the molecule is COc1ccc(S(=O)(=O)NCc2ccccc2CN2CCCC2=O)c(Cl)c1Cl. The average Bonchev–Trinajstić information content (AvgIpc) is 3.07. The Balaban J connectivity index is 1.79. The second-order valence-electron chi connectivity index (χ2n) is 6.41. The monoisotopic (exact) mass is 442 g/mol. The van der Waals surface area contributed by atoms with E-state index in [2.05, 4.69) is 4.72 Å². The normalized spacial score (nSPS) is 14.5. The maximum atomic E-state index is 12.7. The standard InChI is InChI=1S/C19H20Cl2N2O4S/c1-27-15-8-9-16(19(21)18(15)20)28(25,26)22-11-13-5-2-3-6-14(13)12-23-10-4-7-17(23)24/h2-3,5-6,8-9,22H,4,7,10-12H2,1H3. The fourth-order valence-corrected chi connectivity index (χ4v) is 4.94. The Bertz CT molecular complexity index is 995. The molecule has 0 atom stereocenters. The van der Waals surface area contributed by atoms with Gasteiger partial charge in [-0.15, -0.1) is 0 Å². The molecule has 0 saturated carbocycles. The lowest BCUT2D eigenvalue weighted by molar-refractivity contribution is -0.128. The molecule has 2 aromatic carbocycles. The summed E-state index contributed by atoms with van der Waals surface area (Å²) in [5.41, 5.74) is 1.70. The van der Waals surface area contributed by atoms with Crippen molar-refractivity contribution in [3.8, 4) is 5.75 Å². The summed E-state index contributed by atoms with van der Waals surface area (Å²) in [7, 11) is -2.47. The highest BCUT2D eigenvalue weighted by Crippen LogP contribution is 2.36. The van der Waals surface area contributed by atoms with Gasteiger partial charge in [-0.1, -0.05) is 47.5 Å². The quantitative estimate of drug-likeness (QED) is 0.710. The molecule has 0 unspecified atom stereocenters. The van der Waals surface area contributed by atoms with Gasteiger partial charge in [-0.05, 0) is 29.7 Å². The zero-order valence-electron chi connectivity index (χ0n) is 15.2. The van der Waals surface area contributed by atoms with Crippen molar-refractivity contribution in [3.05, 3.63) is 57.6 Å². The summed E-state index contributed by atoms with van der Waals surface area (Å²) in [6, 6.07) is 10.2. The Morgan fingerprint density at radius 2 is 1.82 bits per heavy atom. The Kier molecular flexibility index (Phi) is 6.50. The molecule has 150 valence electrons. The van der Waals surface area contributed by atoms with E-state index in [-0.39, 0.29) is 27.4 Å². The van der Waals surface area contributed by atoms with Crippen LogP contribution in [0.1, 0.15) is 24.0 Å². The fourth-order valence-electron chi connectivity index (χ4n) is 3.09. The number of methoxy groups -OCH3 is 1. The van der Waals surface area contributed by atoms with Crippen molar-refractivity contribution in [1.29, 1.82) is 0 Å². The third kappa shape index (κ3) is 4.43. The number of carbonyl (C=O) groups excluding carboxylic acids is 1. The van der Waals surface area contributed by atoms with Crippen molar-refractivity contribution in [2.45, 2.75) is 30.8 Å². The molecule has 0 aromatic heterocycles. The predicted octanol–water partition coefficient (Wildman–Crippen LogP) is 3.60. The van der Waals surface area contributed by atoms with Gasteiger partial charge in [0.2, 0.25) is 15.9 Å². The van der Waals surface area contributed by atoms with E-state index in [1.54, 1.807) is 4.90 Å². The summed E-state index contributed by atoms with van der Waals surface area (Å²) in [5.74, 6) is 0.418. The third-order valence-corrected chi connectivity index (χ3v) is 7.04. The van der Waals surface area contributed by atoms with Crippen LogP contribution in [0.25, 0.3) is 0 Å². The summed E-state index contributed by atoms with van der Waals surface area (Å²) in [6.45, 7) is 1.26. The van der Waals surface area contributed by atoms with Gasteiger partial charge in [0.1, 0.15) is 15.7 Å². The van der Waals surface area contributed by atoms with E-state index >= 15 is 0 Å². The molecule has 1 heterocycles. The van der Waals surface area contributed by atoms with Crippen molar-refractivity contribution in [2.75, 3.05) is 13.7 Å². The summed E-state index contributed by atoms with van der Waals surface area (Å²) < 4.78 is 33.1.